The molecule has 3 heteroatoms. The first kappa shape index (κ1) is 11.4. The van der Waals surface area contributed by atoms with Crippen molar-refractivity contribution in [1.29, 1.82) is 0 Å². The van der Waals surface area contributed by atoms with E-state index in [0.29, 0.717) is 5.92 Å². The maximum Gasteiger partial charge on any atom is 0.122 e. The number of ether oxygens (including phenoxy) is 1. The number of nitrogens with two attached hydrogens (primary N) is 1. The van der Waals surface area contributed by atoms with E-state index in [4.69, 9.17) is 10.5 Å². The summed E-state index contributed by atoms with van der Waals surface area (Å²) in [5.41, 5.74) is 8.58. The minimum Gasteiger partial charge on any atom is -0.496 e. The van der Waals surface area contributed by atoms with Gasteiger partial charge in [-0.1, -0.05) is 17.7 Å². The van der Waals surface area contributed by atoms with E-state index in [1.807, 2.05) is 6.07 Å². The fourth-order valence-corrected chi connectivity index (χ4v) is 2.43. The standard InChI is InChI=1S/C13H20N2O/c1-9-4-5-12(16-3)10(6-9)11-7-15-8-13(11,2)14/h4-6,11,15H,7-8,14H2,1-3H3. The van der Waals surface area contributed by atoms with Crippen LogP contribution in [0.2, 0.25) is 0 Å². The summed E-state index contributed by atoms with van der Waals surface area (Å²) < 4.78 is 5.42. The van der Waals surface area contributed by atoms with Crippen LogP contribution in [0.15, 0.2) is 18.2 Å². The summed E-state index contributed by atoms with van der Waals surface area (Å²) in [6.07, 6.45) is 0. The highest BCUT2D eigenvalue weighted by Crippen LogP contribution is 2.35. The van der Waals surface area contributed by atoms with E-state index in [-0.39, 0.29) is 5.54 Å². The molecule has 0 amide bonds. The molecule has 88 valence electrons. The second kappa shape index (κ2) is 4.07. The van der Waals surface area contributed by atoms with Gasteiger partial charge >= 0.3 is 0 Å². The molecule has 1 fully saturated rings. The van der Waals surface area contributed by atoms with E-state index in [1.54, 1.807) is 7.11 Å². The van der Waals surface area contributed by atoms with Crippen molar-refractivity contribution in [1.82, 2.24) is 5.32 Å². The Kier molecular flexibility index (Phi) is 2.91. The molecule has 3 nitrogen and oxygen atoms in total. The Labute approximate surface area is 97.0 Å². The SMILES string of the molecule is COc1ccc(C)cc1C1CNCC1(C)N. The van der Waals surface area contributed by atoms with E-state index in [1.165, 1.54) is 11.1 Å². The Morgan fingerprint density at radius 1 is 1.50 bits per heavy atom. The number of hydrogen-bond acceptors (Lipinski definition) is 3. The topological polar surface area (TPSA) is 47.3 Å². The molecule has 0 spiro atoms. The van der Waals surface area contributed by atoms with Crippen LogP contribution in [0.3, 0.4) is 0 Å². The van der Waals surface area contributed by atoms with Gasteiger partial charge in [-0.3, -0.25) is 0 Å². The van der Waals surface area contributed by atoms with Gasteiger partial charge in [0.25, 0.3) is 0 Å². The third-order valence-electron chi connectivity index (χ3n) is 3.41. The molecule has 2 atom stereocenters. The van der Waals surface area contributed by atoms with Crippen LogP contribution in [0, 0.1) is 6.92 Å². The number of aryl methyl sites for hydroxylation is 1. The van der Waals surface area contributed by atoms with Crippen molar-refractivity contribution in [3.8, 4) is 5.75 Å². The van der Waals surface area contributed by atoms with Gasteiger partial charge in [-0.15, -0.1) is 0 Å². The fourth-order valence-electron chi connectivity index (χ4n) is 2.43. The van der Waals surface area contributed by atoms with Crippen molar-refractivity contribution < 1.29 is 4.74 Å². The van der Waals surface area contributed by atoms with Crippen LogP contribution in [0.5, 0.6) is 5.75 Å². The lowest BCUT2D eigenvalue weighted by Gasteiger charge is -2.27. The van der Waals surface area contributed by atoms with Crippen LogP contribution < -0.4 is 15.8 Å². The first-order valence-corrected chi connectivity index (χ1v) is 5.69. The molecule has 0 bridgehead atoms. The normalized spacial score (nSPS) is 29.4. The van der Waals surface area contributed by atoms with E-state index in [2.05, 4.69) is 31.3 Å². The van der Waals surface area contributed by atoms with Crippen molar-refractivity contribution in [2.75, 3.05) is 20.2 Å². The Morgan fingerprint density at radius 3 is 2.81 bits per heavy atom. The second-order valence-electron chi connectivity index (χ2n) is 4.93. The molecule has 1 aromatic carbocycles. The van der Waals surface area contributed by atoms with Crippen LogP contribution in [0.4, 0.5) is 0 Å². The van der Waals surface area contributed by atoms with Crippen LogP contribution in [0.1, 0.15) is 24.0 Å². The molecule has 1 aliphatic rings. The molecule has 2 unspecified atom stereocenters. The zero-order valence-corrected chi connectivity index (χ0v) is 10.2. The maximum absolute atomic E-state index is 6.31. The molecule has 0 radical (unpaired) electrons. The first-order valence-electron chi connectivity index (χ1n) is 5.69. The Hall–Kier alpha value is -1.06. The van der Waals surface area contributed by atoms with Gasteiger partial charge < -0.3 is 15.8 Å². The average molecular weight is 220 g/mol. The second-order valence-corrected chi connectivity index (χ2v) is 4.93. The van der Waals surface area contributed by atoms with Crippen LogP contribution in [-0.4, -0.2) is 25.7 Å². The summed E-state index contributed by atoms with van der Waals surface area (Å²) in [5.74, 6) is 1.26. The van der Waals surface area contributed by atoms with Crippen LogP contribution >= 0.6 is 0 Å². The maximum atomic E-state index is 6.31. The Balaban J connectivity index is 2.42. The third-order valence-corrected chi connectivity index (χ3v) is 3.41. The van der Waals surface area contributed by atoms with Gasteiger partial charge in [-0.2, -0.15) is 0 Å². The summed E-state index contributed by atoms with van der Waals surface area (Å²) in [4.78, 5) is 0. The number of methoxy groups -OCH3 is 1. The smallest absolute Gasteiger partial charge is 0.122 e. The lowest BCUT2D eigenvalue weighted by molar-refractivity contribution is 0.392. The fraction of sp³-hybridized carbons (Fsp3) is 0.538. The zero-order valence-electron chi connectivity index (χ0n) is 10.2. The van der Waals surface area contributed by atoms with Crippen molar-refractivity contribution >= 4 is 0 Å². The Bertz CT molecular complexity index is 388. The van der Waals surface area contributed by atoms with E-state index in [9.17, 15) is 0 Å². The molecular weight excluding hydrogens is 200 g/mol. The summed E-state index contributed by atoms with van der Waals surface area (Å²) in [5, 5.41) is 3.35. The minimum absolute atomic E-state index is 0.193. The molecule has 0 aromatic heterocycles. The molecule has 0 aliphatic carbocycles. The van der Waals surface area contributed by atoms with Crippen molar-refractivity contribution in [3.05, 3.63) is 29.3 Å². The molecular formula is C13H20N2O. The molecule has 1 aliphatic heterocycles. The molecule has 1 saturated heterocycles. The zero-order chi connectivity index (χ0) is 11.8. The van der Waals surface area contributed by atoms with Crippen molar-refractivity contribution in [3.63, 3.8) is 0 Å². The van der Waals surface area contributed by atoms with Crippen LogP contribution in [0.25, 0.3) is 0 Å². The van der Waals surface area contributed by atoms with Gasteiger partial charge in [0, 0.05) is 30.1 Å². The predicted molar refractivity (Wildman–Crippen MR) is 65.9 cm³/mol. The highest BCUT2D eigenvalue weighted by Gasteiger charge is 2.37. The molecule has 16 heavy (non-hydrogen) atoms. The third kappa shape index (κ3) is 1.93. The van der Waals surface area contributed by atoms with E-state index in [0.717, 1.165) is 18.8 Å². The summed E-state index contributed by atoms with van der Waals surface area (Å²) in [7, 11) is 1.71. The number of rotatable bonds is 2. The monoisotopic (exact) mass is 220 g/mol. The molecule has 3 N–H and O–H groups in total. The van der Waals surface area contributed by atoms with Gasteiger partial charge in [0.15, 0.2) is 0 Å². The van der Waals surface area contributed by atoms with E-state index < -0.39 is 0 Å². The highest BCUT2D eigenvalue weighted by atomic mass is 16.5. The molecule has 1 heterocycles. The minimum atomic E-state index is -0.193. The van der Waals surface area contributed by atoms with Gasteiger partial charge in [0.2, 0.25) is 0 Å². The average Bonchev–Trinajstić information content (AvgIpc) is 2.58. The molecule has 1 aromatic rings. The van der Waals surface area contributed by atoms with Crippen LogP contribution in [-0.2, 0) is 0 Å². The number of benzene rings is 1. The quantitative estimate of drug-likeness (QED) is 0.792. The first-order chi connectivity index (χ1) is 7.54. The number of nitrogens with one attached hydrogen (secondary N) is 1. The largest absolute Gasteiger partial charge is 0.496 e. The predicted octanol–water partition coefficient (Wildman–Crippen LogP) is 1.41. The van der Waals surface area contributed by atoms with Crippen molar-refractivity contribution in [2.24, 2.45) is 5.73 Å². The Morgan fingerprint density at radius 2 is 2.25 bits per heavy atom. The van der Waals surface area contributed by atoms with E-state index >= 15 is 0 Å². The van der Waals surface area contributed by atoms with Gasteiger partial charge in [-0.25, -0.2) is 0 Å². The molecule has 0 saturated carbocycles. The number of hydrogen-bond donors (Lipinski definition) is 2. The van der Waals surface area contributed by atoms with Gasteiger partial charge in [0.05, 0.1) is 7.11 Å². The molecule has 2 rings (SSSR count). The van der Waals surface area contributed by atoms with Gasteiger partial charge in [0.1, 0.15) is 5.75 Å². The summed E-state index contributed by atoms with van der Waals surface area (Å²) in [6.45, 7) is 5.97. The summed E-state index contributed by atoms with van der Waals surface area (Å²) >= 11 is 0. The summed E-state index contributed by atoms with van der Waals surface area (Å²) in [6, 6.07) is 6.28. The highest BCUT2D eigenvalue weighted by molar-refractivity contribution is 5.42. The lowest BCUT2D eigenvalue weighted by atomic mass is 9.83. The lowest BCUT2D eigenvalue weighted by Crippen LogP contribution is -2.43. The van der Waals surface area contributed by atoms with Crippen molar-refractivity contribution in [2.45, 2.75) is 25.3 Å². The van der Waals surface area contributed by atoms with Gasteiger partial charge in [-0.05, 0) is 19.9 Å².